The monoisotopic (exact) mass is 363 g/mol. The third-order valence-corrected chi connectivity index (χ3v) is 4.60. The number of hydrogen-bond acceptors (Lipinski definition) is 5. The van der Waals surface area contributed by atoms with Crippen molar-refractivity contribution in [3.63, 3.8) is 0 Å². The van der Waals surface area contributed by atoms with Crippen LogP contribution in [0, 0.1) is 6.92 Å². The van der Waals surface area contributed by atoms with Gasteiger partial charge in [-0.2, -0.15) is 4.98 Å². The van der Waals surface area contributed by atoms with E-state index in [-0.39, 0.29) is 6.03 Å². The van der Waals surface area contributed by atoms with Gasteiger partial charge in [-0.3, -0.25) is 0 Å². The number of carbonyl (C=O) groups is 1. The van der Waals surface area contributed by atoms with Gasteiger partial charge in [-0.15, -0.1) is 0 Å². The van der Waals surface area contributed by atoms with E-state index in [1.165, 1.54) is 0 Å². The zero-order valence-corrected chi connectivity index (χ0v) is 15.1. The minimum Gasteiger partial charge on any atom is -0.377 e. The number of anilines is 1. The van der Waals surface area contributed by atoms with E-state index in [4.69, 9.17) is 4.52 Å². The van der Waals surface area contributed by atoms with Gasteiger partial charge in [0, 0.05) is 30.9 Å². The summed E-state index contributed by atoms with van der Waals surface area (Å²) in [6.45, 7) is 4.44. The Labute approximate surface area is 157 Å². The molecule has 1 aliphatic heterocycles. The number of nitrogens with zero attached hydrogens (tertiary/aromatic N) is 3. The zero-order chi connectivity index (χ0) is 18.6. The second-order valence-corrected chi connectivity index (χ2v) is 6.49. The molecule has 1 aliphatic rings. The predicted octanol–water partition coefficient (Wildman–Crippen LogP) is 3.18. The van der Waals surface area contributed by atoms with Crippen molar-refractivity contribution in [3.8, 4) is 11.5 Å². The molecule has 2 aromatic carbocycles. The molecule has 0 unspecified atom stereocenters. The van der Waals surface area contributed by atoms with Crippen LogP contribution in [0.4, 0.5) is 10.5 Å². The van der Waals surface area contributed by atoms with E-state index in [0.717, 1.165) is 28.9 Å². The van der Waals surface area contributed by atoms with E-state index in [9.17, 15) is 4.79 Å². The van der Waals surface area contributed by atoms with Crippen LogP contribution in [0.5, 0.6) is 0 Å². The average molecular weight is 363 g/mol. The molecule has 0 bridgehead atoms. The van der Waals surface area contributed by atoms with Gasteiger partial charge in [0.25, 0.3) is 5.89 Å². The summed E-state index contributed by atoms with van der Waals surface area (Å²) in [5, 5.41) is 10.2. The standard InChI is InChI=1S/C20H21N5O2/c1-14-6-2-4-8-16(14)19-23-18(24-27-19)12-22-17-9-5-3-7-15(17)13-25-11-10-21-20(25)26/h2-9,22H,10-13H2,1H3,(H,21,26). The van der Waals surface area contributed by atoms with Crippen LogP contribution in [-0.2, 0) is 13.1 Å². The van der Waals surface area contributed by atoms with Gasteiger partial charge >= 0.3 is 6.03 Å². The first kappa shape index (κ1) is 17.1. The molecular formula is C20H21N5O2. The highest BCUT2D eigenvalue weighted by Crippen LogP contribution is 2.22. The Morgan fingerprint density at radius 3 is 2.81 bits per heavy atom. The molecule has 0 atom stereocenters. The van der Waals surface area contributed by atoms with E-state index in [1.807, 2.05) is 55.5 Å². The predicted molar refractivity (Wildman–Crippen MR) is 102 cm³/mol. The molecule has 0 aliphatic carbocycles. The van der Waals surface area contributed by atoms with Crippen LogP contribution in [0.3, 0.4) is 0 Å². The normalized spacial score (nSPS) is 13.7. The van der Waals surface area contributed by atoms with Crippen molar-refractivity contribution in [1.29, 1.82) is 0 Å². The van der Waals surface area contributed by atoms with Crippen molar-refractivity contribution < 1.29 is 9.32 Å². The Morgan fingerprint density at radius 2 is 2.00 bits per heavy atom. The molecule has 7 nitrogen and oxygen atoms in total. The second-order valence-electron chi connectivity index (χ2n) is 6.49. The SMILES string of the molecule is Cc1ccccc1-c1nc(CNc2ccccc2CN2CCNC2=O)no1. The third kappa shape index (κ3) is 3.76. The van der Waals surface area contributed by atoms with Crippen molar-refractivity contribution in [2.75, 3.05) is 18.4 Å². The zero-order valence-electron chi connectivity index (χ0n) is 15.1. The van der Waals surface area contributed by atoms with Gasteiger partial charge < -0.3 is 20.1 Å². The largest absolute Gasteiger partial charge is 0.377 e. The van der Waals surface area contributed by atoms with Crippen molar-refractivity contribution in [3.05, 3.63) is 65.5 Å². The maximum atomic E-state index is 11.8. The van der Waals surface area contributed by atoms with Crippen LogP contribution in [0.15, 0.2) is 53.1 Å². The maximum absolute atomic E-state index is 11.8. The number of carbonyl (C=O) groups excluding carboxylic acids is 1. The van der Waals surface area contributed by atoms with Crippen LogP contribution in [-0.4, -0.2) is 34.2 Å². The summed E-state index contributed by atoms with van der Waals surface area (Å²) in [5.41, 5.74) is 4.04. The van der Waals surface area contributed by atoms with Crippen molar-refractivity contribution in [1.82, 2.24) is 20.4 Å². The molecule has 4 rings (SSSR count). The van der Waals surface area contributed by atoms with Gasteiger partial charge in [-0.25, -0.2) is 4.79 Å². The van der Waals surface area contributed by atoms with Crippen molar-refractivity contribution in [2.45, 2.75) is 20.0 Å². The van der Waals surface area contributed by atoms with Crippen molar-refractivity contribution in [2.24, 2.45) is 0 Å². The topological polar surface area (TPSA) is 83.3 Å². The quantitative estimate of drug-likeness (QED) is 0.703. The molecule has 1 aromatic heterocycles. The van der Waals surface area contributed by atoms with Gasteiger partial charge in [-0.1, -0.05) is 41.6 Å². The Kier molecular flexibility index (Phi) is 4.74. The van der Waals surface area contributed by atoms with Gasteiger partial charge in [0.05, 0.1) is 6.54 Å². The van der Waals surface area contributed by atoms with Crippen LogP contribution >= 0.6 is 0 Å². The summed E-state index contributed by atoms with van der Waals surface area (Å²) in [6.07, 6.45) is 0. The average Bonchev–Trinajstić information content (AvgIpc) is 3.31. The minimum absolute atomic E-state index is 0.0224. The summed E-state index contributed by atoms with van der Waals surface area (Å²) in [5.74, 6) is 1.11. The molecule has 2 heterocycles. The third-order valence-electron chi connectivity index (χ3n) is 4.60. The summed E-state index contributed by atoms with van der Waals surface area (Å²) < 4.78 is 5.41. The minimum atomic E-state index is -0.0224. The summed E-state index contributed by atoms with van der Waals surface area (Å²) in [7, 11) is 0. The van der Waals surface area contributed by atoms with Crippen LogP contribution in [0.25, 0.3) is 11.5 Å². The van der Waals surface area contributed by atoms with E-state index in [2.05, 4.69) is 20.8 Å². The van der Waals surface area contributed by atoms with Gasteiger partial charge in [0.1, 0.15) is 0 Å². The van der Waals surface area contributed by atoms with E-state index < -0.39 is 0 Å². The molecule has 0 spiro atoms. The highest BCUT2D eigenvalue weighted by Gasteiger charge is 2.20. The first-order valence-electron chi connectivity index (χ1n) is 8.94. The lowest BCUT2D eigenvalue weighted by molar-refractivity contribution is 0.215. The summed E-state index contributed by atoms with van der Waals surface area (Å²) >= 11 is 0. The molecule has 0 saturated carbocycles. The number of rotatable bonds is 6. The first-order chi connectivity index (χ1) is 13.2. The molecule has 7 heteroatoms. The van der Waals surface area contributed by atoms with Crippen LogP contribution in [0.2, 0.25) is 0 Å². The molecule has 3 aromatic rings. The van der Waals surface area contributed by atoms with Crippen molar-refractivity contribution >= 4 is 11.7 Å². The lowest BCUT2D eigenvalue weighted by Crippen LogP contribution is -2.27. The highest BCUT2D eigenvalue weighted by molar-refractivity contribution is 5.76. The van der Waals surface area contributed by atoms with Gasteiger partial charge in [0.2, 0.25) is 0 Å². The Balaban J connectivity index is 1.45. The number of para-hydroxylation sites is 1. The molecule has 2 N–H and O–H groups in total. The van der Waals surface area contributed by atoms with Gasteiger partial charge in [-0.05, 0) is 30.2 Å². The van der Waals surface area contributed by atoms with Crippen LogP contribution in [0.1, 0.15) is 17.0 Å². The number of nitrogens with one attached hydrogen (secondary N) is 2. The second kappa shape index (κ2) is 7.49. The van der Waals surface area contributed by atoms with Gasteiger partial charge in [0.15, 0.2) is 5.82 Å². The Morgan fingerprint density at radius 1 is 1.19 bits per heavy atom. The maximum Gasteiger partial charge on any atom is 0.317 e. The molecule has 1 fully saturated rings. The molecular weight excluding hydrogens is 342 g/mol. The first-order valence-corrected chi connectivity index (χ1v) is 8.94. The molecule has 138 valence electrons. The number of aryl methyl sites for hydroxylation is 1. The highest BCUT2D eigenvalue weighted by atomic mass is 16.5. The molecule has 27 heavy (non-hydrogen) atoms. The van der Waals surface area contributed by atoms with E-state index in [1.54, 1.807) is 4.90 Å². The smallest absolute Gasteiger partial charge is 0.317 e. The van der Waals surface area contributed by atoms with Crippen LogP contribution < -0.4 is 10.6 Å². The molecule has 1 saturated heterocycles. The number of benzene rings is 2. The lowest BCUT2D eigenvalue weighted by Gasteiger charge is -2.17. The molecule has 2 amide bonds. The Bertz CT molecular complexity index is 953. The fraction of sp³-hybridized carbons (Fsp3) is 0.250. The summed E-state index contributed by atoms with van der Waals surface area (Å²) in [4.78, 5) is 18.1. The Hall–Kier alpha value is -3.35. The number of urea groups is 1. The number of hydrogen-bond donors (Lipinski definition) is 2. The fourth-order valence-corrected chi connectivity index (χ4v) is 3.12. The number of aromatic nitrogens is 2. The van der Waals surface area contributed by atoms with E-state index in [0.29, 0.717) is 31.3 Å². The molecule has 0 radical (unpaired) electrons. The lowest BCUT2D eigenvalue weighted by atomic mass is 10.1. The van der Waals surface area contributed by atoms with E-state index >= 15 is 0 Å². The fourth-order valence-electron chi connectivity index (χ4n) is 3.12. The number of amides is 2. The summed E-state index contributed by atoms with van der Waals surface area (Å²) in [6, 6.07) is 15.8.